The first kappa shape index (κ1) is 19.1. The van der Waals surface area contributed by atoms with Crippen LogP contribution < -0.4 is 14.8 Å². The number of aliphatic carboxylic acids is 1. The van der Waals surface area contributed by atoms with E-state index in [1.807, 2.05) is 25.1 Å². The molecule has 0 heterocycles. The van der Waals surface area contributed by atoms with Gasteiger partial charge in [-0.25, -0.2) is 0 Å². The Hall–Kier alpha value is -2.24. The van der Waals surface area contributed by atoms with E-state index in [0.29, 0.717) is 30.4 Å². The van der Waals surface area contributed by atoms with Crippen molar-refractivity contribution in [2.75, 3.05) is 13.7 Å². The van der Waals surface area contributed by atoms with Crippen LogP contribution in [0.1, 0.15) is 45.2 Å². The number of nitrogens with one attached hydrogen (secondary N) is 1. The molecular weight excluding hydrogens is 322 g/mol. The van der Waals surface area contributed by atoms with Crippen molar-refractivity contribution in [2.45, 2.75) is 39.7 Å². The first-order valence-corrected chi connectivity index (χ1v) is 8.67. The number of methoxy groups -OCH3 is 1. The van der Waals surface area contributed by atoms with Crippen LogP contribution >= 0.6 is 0 Å². The standard InChI is InChI=1S/C19H27NO5/c1-11(2)7-8-25-16-6-5-13(9-17(16)24-4)12(3)20-18(21)14-10-15(14)19(22)23/h5-6,9,11-12,14-15H,7-8,10H2,1-4H3,(H,20,21)(H,22,23). The average Bonchev–Trinajstić information content (AvgIpc) is 3.35. The van der Waals surface area contributed by atoms with E-state index in [-0.39, 0.29) is 11.9 Å². The van der Waals surface area contributed by atoms with Crippen LogP contribution in [0.3, 0.4) is 0 Å². The highest BCUT2D eigenvalue weighted by Gasteiger charge is 2.48. The lowest BCUT2D eigenvalue weighted by Gasteiger charge is -2.17. The number of hydrogen-bond donors (Lipinski definition) is 2. The van der Waals surface area contributed by atoms with Crippen LogP contribution in [0.5, 0.6) is 11.5 Å². The van der Waals surface area contributed by atoms with Gasteiger partial charge >= 0.3 is 5.97 Å². The third-order valence-corrected chi connectivity index (χ3v) is 4.44. The summed E-state index contributed by atoms with van der Waals surface area (Å²) in [6, 6.07) is 5.34. The molecule has 1 fully saturated rings. The maximum Gasteiger partial charge on any atom is 0.307 e. The molecule has 0 spiro atoms. The maximum atomic E-state index is 12.1. The Morgan fingerprint density at radius 2 is 1.96 bits per heavy atom. The monoisotopic (exact) mass is 349 g/mol. The molecule has 138 valence electrons. The van der Waals surface area contributed by atoms with E-state index in [4.69, 9.17) is 14.6 Å². The number of carbonyl (C=O) groups is 2. The normalized spacial score (nSPS) is 20.0. The van der Waals surface area contributed by atoms with Crippen LogP contribution in [0.2, 0.25) is 0 Å². The zero-order valence-corrected chi connectivity index (χ0v) is 15.2. The van der Waals surface area contributed by atoms with Crippen LogP contribution in [-0.4, -0.2) is 30.7 Å². The van der Waals surface area contributed by atoms with Crippen molar-refractivity contribution in [3.05, 3.63) is 23.8 Å². The molecule has 6 heteroatoms. The Balaban J connectivity index is 1.96. The zero-order chi connectivity index (χ0) is 18.6. The highest BCUT2D eigenvalue weighted by Crippen LogP contribution is 2.39. The minimum atomic E-state index is -0.905. The Kier molecular flexibility index (Phi) is 6.28. The number of carbonyl (C=O) groups excluding carboxylic acids is 1. The van der Waals surface area contributed by atoms with Gasteiger partial charge in [-0.2, -0.15) is 0 Å². The number of hydrogen-bond acceptors (Lipinski definition) is 4. The minimum absolute atomic E-state index is 0.212. The van der Waals surface area contributed by atoms with Crippen molar-refractivity contribution in [1.29, 1.82) is 0 Å². The summed E-state index contributed by atoms with van der Waals surface area (Å²) in [5.41, 5.74) is 0.883. The van der Waals surface area contributed by atoms with Crippen molar-refractivity contribution < 1.29 is 24.2 Å². The van der Waals surface area contributed by atoms with Gasteiger partial charge < -0.3 is 19.9 Å². The molecule has 1 aliphatic rings. The van der Waals surface area contributed by atoms with Gasteiger partial charge in [0.05, 0.1) is 31.6 Å². The van der Waals surface area contributed by atoms with E-state index in [1.165, 1.54) is 0 Å². The fourth-order valence-electron chi connectivity index (χ4n) is 2.64. The molecule has 0 saturated heterocycles. The minimum Gasteiger partial charge on any atom is -0.493 e. The van der Waals surface area contributed by atoms with Crippen molar-refractivity contribution in [3.63, 3.8) is 0 Å². The topological polar surface area (TPSA) is 84.9 Å². The first-order chi connectivity index (χ1) is 11.8. The number of carboxylic acid groups (broad SMARTS) is 1. The van der Waals surface area contributed by atoms with Gasteiger partial charge in [0.25, 0.3) is 0 Å². The lowest BCUT2D eigenvalue weighted by atomic mass is 10.1. The summed E-state index contributed by atoms with van der Waals surface area (Å²) in [7, 11) is 1.58. The third kappa shape index (κ3) is 5.11. The molecule has 0 bridgehead atoms. The number of ether oxygens (including phenoxy) is 2. The zero-order valence-electron chi connectivity index (χ0n) is 15.2. The van der Waals surface area contributed by atoms with Crippen LogP contribution in [-0.2, 0) is 9.59 Å². The molecular formula is C19H27NO5. The third-order valence-electron chi connectivity index (χ3n) is 4.44. The SMILES string of the molecule is COc1cc(C(C)NC(=O)C2CC2C(=O)O)ccc1OCCC(C)C. The molecule has 1 aromatic carbocycles. The molecule has 3 unspecified atom stereocenters. The molecule has 1 amide bonds. The molecule has 3 atom stereocenters. The van der Waals surface area contributed by atoms with Gasteiger partial charge in [0.2, 0.25) is 5.91 Å². The molecule has 2 N–H and O–H groups in total. The average molecular weight is 349 g/mol. The van der Waals surface area contributed by atoms with Gasteiger partial charge in [0.1, 0.15) is 0 Å². The van der Waals surface area contributed by atoms with Crippen molar-refractivity contribution in [2.24, 2.45) is 17.8 Å². The number of amides is 1. The molecule has 6 nitrogen and oxygen atoms in total. The van der Waals surface area contributed by atoms with E-state index in [2.05, 4.69) is 19.2 Å². The Morgan fingerprint density at radius 3 is 2.52 bits per heavy atom. The second kappa shape index (κ2) is 8.23. The number of benzene rings is 1. The second-order valence-corrected chi connectivity index (χ2v) is 6.96. The fourth-order valence-corrected chi connectivity index (χ4v) is 2.64. The van der Waals surface area contributed by atoms with Gasteiger partial charge in [0, 0.05) is 0 Å². The lowest BCUT2D eigenvalue weighted by molar-refractivity contribution is -0.140. The van der Waals surface area contributed by atoms with E-state index >= 15 is 0 Å². The van der Waals surface area contributed by atoms with Crippen LogP contribution in [0.15, 0.2) is 18.2 Å². The number of rotatable bonds is 9. The van der Waals surface area contributed by atoms with Gasteiger partial charge in [0.15, 0.2) is 11.5 Å². The molecule has 1 aliphatic carbocycles. The van der Waals surface area contributed by atoms with Crippen molar-refractivity contribution in [3.8, 4) is 11.5 Å². The smallest absolute Gasteiger partial charge is 0.307 e. The van der Waals surface area contributed by atoms with Crippen molar-refractivity contribution >= 4 is 11.9 Å². The van der Waals surface area contributed by atoms with E-state index < -0.39 is 17.8 Å². The second-order valence-electron chi connectivity index (χ2n) is 6.96. The maximum absolute atomic E-state index is 12.1. The highest BCUT2D eigenvalue weighted by atomic mass is 16.5. The fraction of sp³-hybridized carbons (Fsp3) is 0.579. The summed E-state index contributed by atoms with van der Waals surface area (Å²) in [6.45, 7) is 6.77. The van der Waals surface area contributed by atoms with Crippen molar-refractivity contribution in [1.82, 2.24) is 5.32 Å². The highest BCUT2D eigenvalue weighted by molar-refractivity contribution is 5.89. The summed E-state index contributed by atoms with van der Waals surface area (Å²) in [6.07, 6.45) is 1.38. The summed E-state index contributed by atoms with van der Waals surface area (Å²) < 4.78 is 11.2. The van der Waals surface area contributed by atoms with Crippen LogP contribution in [0, 0.1) is 17.8 Å². The summed E-state index contributed by atoms with van der Waals surface area (Å²) >= 11 is 0. The van der Waals surface area contributed by atoms with Gasteiger partial charge in [-0.15, -0.1) is 0 Å². The van der Waals surface area contributed by atoms with Gasteiger partial charge in [-0.05, 0) is 43.4 Å². The summed E-state index contributed by atoms with van der Waals surface area (Å²) in [4.78, 5) is 23.0. The Labute approximate surface area is 148 Å². The molecule has 2 rings (SSSR count). The van der Waals surface area contributed by atoms with Gasteiger partial charge in [-0.1, -0.05) is 19.9 Å². The van der Waals surface area contributed by atoms with E-state index in [9.17, 15) is 9.59 Å². The van der Waals surface area contributed by atoms with Gasteiger partial charge in [-0.3, -0.25) is 9.59 Å². The largest absolute Gasteiger partial charge is 0.493 e. The Bertz CT molecular complexity index is 628. The molecule has 1 saturated carbocycles. The molecule has 0 aliphatic heterocycles. The molecule has 1 aromatic rings. The molecule has 0 aromatic heterocycles. The lowest BCUT2D eigenvalue weighted by Crippen LogP contribution is -2.29. The molecule has 0 radical (unpaired) electrons. The number of carboxylic acids is 1. The Morgan fingerprint density at radius 1 is 1.24 bits per heavy atom. The summed E-state index contributed by atoms with van der Waals surface area (Å²) in [5.74, 6) is -0.208. The van der Waals surface area contributed by atoms with Crippen LogP contribution in [0.25, 0.3) is 0 Å². The van der Waals surface area contributed by atoms with E-state index in [0.717, 1.165) is 12.0 Å². The quantitative estimate of drug-likeness (QED) is 0.716. The summed E-state index contributed by atoms with van der Waals surface area (Å²) in [5, 5.41) is 11.8. The van der Waals surface area contributed by atoms with E-state index in [1.54, 1.807) is 7.11 Å². The van der Waals surface area contributed by atoms with Crippen LogP contribution in [0.4, 0.5) is 0 Å². The predicted molar refractivity (Wildman–Crippen MR) is 93.7 cm³/mol. The first-order valence-electron chi connectivity index (χ1n) is 8.67. The predicted octanol–water partition coefficient (Wildman–Crippen LogP) is 3.02. The molecule has 25 heavy (non-hydrogen) atoms.